The lowest BCUT2D eigenvalue weighted by Gasteiger charge is -2.09. The minimum Gasteiger partial charge on any atom is -0.358 e. The van der Waals surface area contributed by atoms with Crippen LogP contribution in [0.15, 0.2) is 42.6 Å². The number of anilines is 1. The van der Waals surface area contributed by atoms with Crippen LogP contribution < -0.4 is 5.32 Å². The molecule has 0 aliphatic carbocycles. The normalized spacial score (nSPS) is 12.0. The first kappa shape index (κ1) is 18.2. The number of nitrogens with zero attached hydrogens (tertiary/aromatic N) is 5. The smallest absolute Gasteiger partial charge is 0.358 e. The summed E-state index contributed by atoms with van der Waals surface area (Å²) in [6.07, 6.45) is 1.66. The first-order valence-electron chi connectivity index (χ1n) is 8.13. The Labute approximate surface area is 153 Å². The van der Waals surface area contributed by atoms with Crippen molar-refractivity contribution in [3.8, 4) is 0 Å². The average molecular weight is 372 g/mol. The second-order valence-electron chi connectivity index (χ2n) is 6.04. The molecule has 2 heterocycles. The summed E-state index contributed by atoms with van der Waals surface area (Å²) < 4.78 is 16.1. The summed E-state index contributed by atoms with van der Waals surface area (Å²) in [5.74, 6) is -0.730. The van der Waals surface area contributed by atoms with Gasteiger partial charge >= 0.3 is 5.82 Å². The van der Waals surface area contributed by atoms with Crippen molar-refractivity contribution >= 4 is 17.5 Å². The first-order valence-corrected chi connectivity index (χ1v) is 8.13. The summed E-state index contributed by atoms with van der Waals surface area (Å²) >= 11 is 0. The summed E-state index contributed by atoms with van der Waals surface area (Å²) in [6.45, 7) is 3.58. The minimum absolute atomic E-state index is 0.313. The third-order valence-corrected chi connectivity index (χ3v) is 3.97. The van der Waals surface area contributed by atoms with Gasteiger partial charge in [0, 0.05) is 12.3 Å². The van der Waals surface area contributed by atoms with Crippen LogP contribution in [0.1, 0.15) is 24.2 Å². The molecule has 140 valence electrons. The van der Waals surface area contributed by atoms with E-state index in [2.05, 4.69) is 15.5 Å². The molecule has 0 saturated heterocycles. The molecule has 3 rings (SSSR count). The van der Waals surface area contributed by atoms with Crippen molar-refractivity contribution in [2.24, 2.45) is 0 Å². The van der Waals surface area contributed by atoms with Crippen molar-refractivity contribution in [1.29, 1.82) is 0 Å². The number of hydrogen-bond donors (Lipinski definition) is 1. The molecule has 0 bridgehead atoms. The van der Waals surface area contributed by atoms with Gasteiger partial charge in [0.1, 0.15) is 11.9 Å². The van der Waals surface area contributed by atoms with E-state index in [0.29, 0.717) is 18.1 Å². The van der Waals surface area contributed by atoms with Gasteiger partial charge in [-0.05, 0) is 36.5 Å². The molecule has 1 amide bonds. The molecule has 3 aromatic rings. The van der Waals surface area contributed by atoms with E-state index in [0.717, 1.165) is 5.56 Å². The fourth-order valence-corrected chi connectivity index (χ4v) is 2.63. The number of nitrogens with one attached hydrogen (secondary N) is 1. The third-order valence-electron chi connectivity index (χ3n) is 3.97. The van der Waals surface area contributed by atoms with E-state index in [1.807, 2.05) is 0 Å². The highest BCUT2D eigenvalue weighted by molar-refractivity contribution is 5.92. The second kappa shape index (κ2) is 7.36. The lowest BCUT2D eigenvalue weighted by atomic mass is 10.2. The van der Waals surface area contributed by atoms with Gasteiger partial charge in [-0.2, -0.15) is 9.78 Å². The van der Waals surface area contributed by atoms with Crippen molar-refractivity contribution in [3.05, 3.63) is 69.8 Å². The Morgan fingerprint density at radius 1 is 1.33 bits per heavy atom. The Morgan fingerprint density at radius 3 is 2.78 bits per heavy atom. The molecule has 0 aliphatic rings. The van der Waals surface area contributed by atoms with Gasteiger partial charge < -0.3 is 15.4 Å². The van der Waals surface area contributed by atoms with Gasteiger partial charge in [-0.1, -0.05) is 12.1 Å². The number of aryl methyl sites for hydroxylation is 1. The fraction of sp³-hybridized carbons (Fsp3) is 0.235. The zero-order valence-electron chi connectivity index (χ0n) is 14.7. The molecular weight excluding hydrogens is 355 g/mol. The molecule has 2 aromatic heterocycles. The van der Waals surface area contributed by atoms with Crippen LogP contribution in [-0.4, -0.2) is 30.4 Å². The molecule has 1 aromatic carbocycles. The molecule has 27 heavy (non-hydrogen) atoms. The number of aromatic nitrogens is 4. The maximum Gasteiger partial charge on any atom is 0.390 e. The standard InChI is InChI=1S/C17H17FN6O3/c1-11-8-16(24(26)27)21-23(11)12(2)17(25)19-15-6-7-22(20-15)10-13-4-3-5-14(18)9-13/h3-9,12H,10H2,1-2H3,(H,19,20,25). The molecule has 9 nitrogen and oxygen atoms in total. The predicted molar refractivity (Wildman–Crippen MR) is 94.7 cm³/mol. The molecule has 0 saturated carbocycles. The zero-order valence-corrected chi connectivity index (χ0v) is 14.7. The SMILES string of the molecule is Cc1cc([N+](=O)[O-])nn1C(C)C(=O)Nc1ccn(Cc2cccc(F)c2)n1. The van der Waals surface area contributed by atoms with Crippen molar-refractivity contribution < 1.29 is 14.1 Å². The van der Waals surface area contributed by atoms with Crippen LogP contribution in [0.4, 0.5) is 16.0 Å². The number of nitro groups is 1. The predicted octanol–water partition coefficient (Wildman–Crippen LogP) is 2.68. The minimum atomic E-state index is -0.757. The topological polar surface area (TPSA) is 108 Å². The highest BCUT2D eigenvalue weighted by Gasteiger charge is 2.25. The number of carbonyl (C=O) groups is 1. The Bertz CT molecular complexity index is 996. The number of rotatable bonds is 6. The maximum atomic E-state index is 13.2. The maximum absolute atomic E-state index is 13.2. The van der Waals surface area contributed by atoms with Crippen molar-refractivity contribution in [1.82, 2.24) is 19.6 Å². The second-order valence-corrected chi connectivity index (χ2v) is 6.04. The molecule has 1 atom stereocenters. The number of carbonyl (C=O) groups excluding carboxylic acids is 1. The summed E-state index contributed by atoms with van der Waals surface area (Å²) in [6, 6.07) is 8.33. The number of benzene rings is 1. The number of amides is 1. The van der Waals surface area contributed by atoms with E-state index in [1.54, 1.807) is 42.9 Å². The fourth-order valence-electron chi connectivity index (χ4n) is 2.63. The van der Waals surface area contributed by atoms with Crippen LogP contribution in [0.2, 0.25) is 0 Å². The number of halogens is 1. The summed E-state index contributed by atoms with van der Waals surface area (Å²) in [5, 5.41) is 21.5. The Morgan fingerprint density at radius 2 is 2.11 bits per heavy atom. The summed E-state index contributed by atoms with van der Waals surface area (Å²) in [4.78, 5) is 22.6. The van der Waals surface area contributed by atoms with E-state index in [4.69, 9.17) is 0 Å². The molecule has 0 radical (unpaired) electrons. The van der Waals surface area contributed by atoms with Gasteiger partial charge in [0.25, 0.3) is 5.91 Å². The lowest BCUT2D eigenvalue weighted by Crippen LogP contribution is -2.25. The molecule has 0 fully saturated rings. The van der Waals surface area contributed by atoms with Gasteiger partial charge in [-0.25, -0.2) is 4.39 Å². The zero-order chi connectivity index (χ0) is 19.6. The Kier molecular flexibility index (Phi) is 4.97. The molecule has 0 spiro atoms. The van der Waals surface area contributed by atoms with E-state index in [9.17, 15) is 19.3 Å². The van der Waals surface area contributed by atoms with Gasteiger partial charge in [-0.3, -0.25) is 9.48 Å². The van der Waals surface area contributed by atoms with Crippen LogP contribution in [0.25, 0.3) is 0 Å². The van der Waals surface area contributed by atoms with Crippen molar-refractivity contribution in [2.45, 2.75) is 26.4 Å². The van der Waals surface area contributed by atoms with E-state index in [-0.39, 0.29) is 11.6 Å². The number of hydrogen-bond acceptors (Lipinski definition) is 5. The summed E-state index contributed by atoms with van der Waals surface area (Å²) in [5.41, 5.74) is 1.24. The van der Waals surface area contributed by atoms with Crippen LogP contribution in [0.3, 0.4) is 0 Å². The van der Waals surface area contributed by atoms with Crippen LogP contribution in [0.5, 0.6) is 0 Å². The van der Waals surface area contributed by atoms with E-state index < -0.39 is 16.9 Å². The van der Waals surface area contributed by atoms with Gasteiger partial charge in [0.2, 0.25) is 0 Å². The van der Waals surface area contributed by atoms with Gasteiger partial charge in [0.15, 0.2) is 5.82 Å². The lowest BCUT2D eigenvalue weighted by molar-refractivity contribution is -0.389. The Balaban J connectivity index is 1.67. The van der Waals surface area contributed by atoms with Crippen LogP contribution in [-0.2, 0) is 11.3 Å². The van der Waals surface area contributed by atoms with E-state index >= 15 is 0 Å². The quantitative estimate of drug-likeness (QED) is 0.529. The van der Waals surface area contributed by atoms with Crippen LogP contribution in [0, 0.1) is 22.9 Å². The molecule has 1 unspecified atom stereocenters. The third kappa shape index (κ3) is 4.17. The highest BCUT2D eigenvalue weighted by atomic mass is 19.1. The first-order chi connectivity index (χ1) is 12.8. The molecular formula is C17H17FN6O3. The van der Waals surface area contributed by atoms with E-state index in [1.165, 1.54) is 22.9 Å². The highest BCUT2D eigenvalue weighted by Crippen LogP contribution is 2.17. The largest absolute Gasteiger partial charge is 0.390 e. The Hall–Kier alpha value is -3.56. The molecule has 10 heteroatoms. The monoisotopic (exact) mass is 372 g/mol. The van der Waals surface area contributed by atoms with Gasteiger partial charge in [0.05, 0.1) is 23.4 Å². The van der Waals surface area contributed by atoms with Crippen molar-refractivity contribution in [2.75, 3.05) is 5.32 Å². The summed E-state index contributed by atoms with van der Waals surface area (Å²) in [7, 11) is 0. The van der Waals surface area contributed by atoms with Crippen LogP contribution >= 0.6 is 0 Å². The average Bonchev–Trinajstić information content (AvgIpc) is 3.20. The molecule has 0 aliphatic heterocycles. The molecule has 1 N–H and O–H groups in total. The van der Waals surface area contributed by atoms with Gasteiger partial charge in [-0.15, -0.1) is 0 Å². The van der Waals surface area contributed by atoms with Crippen molar-refractivity contribution in [3.63, 3.8) is 0 Å².